The molecule has 158 valence electrons. The predicted octanol–water partition coefficient (Wildman–Crippen LogP) is 2.58. The van der Waals surface area contributed by atoms with Crippen molar-refractivity contribution in [3.05, 3.63) is 29.8 Å². The van der Waals surface area contributed by atoms with Crippen LogP contribution in [0.3, 0.4) is 0 Å². The van der Waals surface area contributed by atoms with Crippen LogP contribution >= 0.6 is 0 Å². The van der Waals surface area contributed by atoms with E-state index >= 15 is 0 Å². The van der Waals surface area contributed by atoms with Crippen molar-refractivity contribution >= 4 is 16.9 Å². The van der Waals surface area contributed by atoms with Gasteiger partial charge in [-0.15, -0.1) is 0 Å². The first-order chi connectivity index (χ1) is 13.7. The molecule has 0 spiro atoms. The van der Waals surface area contributed by atoms with Gasteiger partial charge in [0.05, 0.1) is 25.0 Å². The second-order valence-corrected chi connectivity index (χ2v) is 7.48. The number of carbonyl (C=O) groups is 1. The summed E-state index contributed by atoms with van der Waals surface area (Å²) in [5.74, 6) is -1.60. The van der Waals surface area contributed by atoms with Crippen LogP contribution in [0.5, 0.6) is 0 Å². The van der Waals surface area contributed by atoms with E-state index in [0.29, 0.717) is 38.4 Å². The number of alkyl halides is 4. The van der Waals surface area contributed by atoms with Crippen molar-refractivity contribution < 1.29 is 31.5 Å². The third-order valence-corrected chi connectivity index (χ3v) is 5.66. The third kappa shape index (κ3) is 3.46. The number of rotatable bonds is 4. The number of hydrogen-bond donors (Lipinski definition) is 1. The number of fused-ring (bicyclic) bond motifs is 3. The van der Waals surface area contributed by atoms with Gasteiger partial charge in [-0.05, 0) is 26.0 Å². The van der Waals surface area contributed by atoms with Gasteiger partial charge in [0.1, 0.15) is 11.5 Å². The van der Waals surface area contributed by atoms with Gasteiger partial charge in [0.25, 0.3) is 5.91 Å². The molecule has 4 rings (SSSR count). The van der Waals surface area contributed by atoms with Crippen molar-refractivity contribution in [1.82, 2.24) is 19.8 Å². The molecular formula is C18H19F5N4O2. The molecule has 4 heterocycles. The van der Waals surface area contributed by atoms with Crippen molar-refractivity contribution in [3.8, 4) is 0 Å². The monoisotopic (exact) mass is 418 g/mol. The summed E-state index contributed by atoms with van der Waals surface area (Å²) in [4.78, 5) is 18.5. The Balaban J connectivity index is 1.65. The Hall–Kier alpha value is -2.27. The van der Waals surface area contributed by atoms with Gasteiger partial charge in [0, 0.05) is 29.7 Å². The molecule has 2 aromatic heterocycles. The summed E-state index contributed by atoms with van der Waals surface area (Å²) in [5.41, 5.74) is -0.914. The fourth-order valence-corrected chi connectivity index (χ4v) is 4.07. The van der Waals surface area contributed by atoms with Crippen LogP contribution in [-0.4, -0.2) is 65.2 Å². The summed E-state index contributed by atoms with van der Waals surface area (Å²) in [6.45, 7) is 1.04. The van der Waals surface area contributed by atoms with Gasteiger partial charge < -0.3 is 10.1 Å². The van der Waals surface area contributed by atoms with E-state index in [4.69, 9.17) is 4.74 Å². The maximum Gasteiger partial charge on any atom is 0.390 e. The molecule has 0 unspecified atom stereocenters. The van der Waals surface area contributed by atoms with Gasteiger partial charge in [-0.3, -0.25) is 14.3 Å². The quantitative estimate of drug-likeness (QED) is 0.776. The van der Waals surface area contributed by atoms with E-state index in [1.54, 1.807) is 0 Å². The fraction of sp³-hybridized carbons (Fsp3) is 0.556. The maximum absolute atomic E-state index is 14.0. The first kappa shape index (κ1) is 20.0. The van der Waals surface area contributed by atoms with Crippen LogP contribution in [0.15, 0.2) is 18.5 Å². The smallest absolute Gasteiger partial charge is 0.378 e. The van der Waals surface area contributed by atoms with Crippen LogP contribution in [0.4, 0.5) is 22.0 Å². The van der Waals surface area contributed by atoms with Gasteiger partial charge in [-0.25, -0.2) is 18.2 Å². The number of nitrogens with one attached hydrogen (secondary N) is 1. The fourth-order valence-electron chi connectivity index (χ4n) is 4.07. The maximum atomic E-state index is 14.0. The minimum Gasteiger partial charge on any atom is -0.378 e. The Labute approximate surface area is 162 Å². The molecule has 2 bridgehead atoms. The molecule has 0 radical (unpaired) electrons. The second-order valence-electron chi connectivity index (χ2n) is 7.48. The SMILES string of the molecule is CN1[C@@H]2COC[C@H]1C[C@@H](NC(=O)c1cn(C(F)(F)C(F)F)c3ncc(F)cc13)C2. The zero-order chi connectivity index (χ0) is 20.9. The number of piperidine rings is 1. The van der Waals surface area contributed by atoms with E-state index in [1.807, 2.05) is 7.05 Å². The van der Waals surface area contributed by atoms with Crippen LogP contribution < -0.4 is 5.32 Å². The van der Waals surface area contributed by atoms with Crippen molar-refractivity contribution in [2.45, 2.75) is 43.4 Å². The highest BCUT2D eigenvalue weighted by Gasteiger charge is 2.45. The summed E-state index contributed by atoms with van der Waals surface area (Å²) < 4.78 is 72.8. The van der Waals surface area contributed by atoms with Gasteiger partial charge in [0.2, 0.25) is 0 Å². The molecule has 1 N–H and O–H groups in total. The van der Waals surface area contributed by atoms with Crippen molar-refractivity contribution in [1.29, 1.82) is 0 Å². The standard InChI is InChI=1S/C18H19F5N4O2/c1-26-11-3-10(4-12(26)8-29-7-11)25-16(28)14-6-27(18(22,23)17(20)21)15-13(14)2-9(19)5-24-15/h2,5-6,10-12,17H,3-4,7-8H2,1H3,(H,25,28)/t10-,11-,12+. The Kier molecular flexibility index (Phi) is 4.97. The summed E-state index contributed by atoms with van der Waals surface area (Å²) in [5, 5.41) is 2.52. The lowest BCUT2D eigenvalue weighted by Crippen LogP contribution is -2.59. The first-order valence-corrected chi connectivity index (χ1v) is 9.12. The van der Waals surface area contributed by atoms with E-state index in [2.05, 4.69) is 15.2 Å². The van der Waals surface area contributed by atoms with Crippen LogP contribution in [0, 0.1) is 5.82 Å². The molecule has 6 nitrogen and oxygen atoms in total. The first-order valence-electron chi connectivity index (χ1n) is 9.12. The van der Waals surface area contributed by atoms with E-state index in [-0.39, 0.29) is 33.6 Å². The average molecular weight is 418 g/mol. The largest absolute Gasteiger partial charge is 0.390 e. The lowest BCUT2D eigenvalue weighted by Gasteiger charge is -2.46. The summed E-state index contributed by atoms with van der Waals surface area (Å²) in [6, 6.07) is -3.78. The molecule has 2 aliphatic rings. The zero-order valence-electron chi connectivity index (χ0n) is 15.4. The molecule has 2 aliphatic heterocycles. The Morgan fingerprint density at radius 2 is 1.97 bits per heavy atom. The molecule has 1 amide bonds. The highest BCUT2D eigenvalue weighted by molar-refractivity contribution is 6.06. The zero-order valence-corrected chi connectivity index (χ0v) is 15.4. The average Bonchev–Trinajstić information content (AvgIpc) is 3.02. The summed E-state index contributed by atoms with van der Waals surface area (Å²) in [6.07, 6.45) is -1.58. The second kappa shape index (κ2) is 7.21. The number of nitrogens with zero attached hydrogens (tertiary/aromatic N) is 3. The predicted molar refractivity (Wildman–Crippen MR) is 92.5 cm³/mol. The van der Waals surface area contributed by atoms with Crippen LogP contribution in [0.1, 0.15) is 23.2 Å². The number of pyridine rings is 1. The number of aromatic nitrogens is 2. The molecule has 2 aromatic rings. The van der Waals surface area contributed by atoms with Crippen molar-refractivity contribution in [2.24, 2.45) is 0 Å². The molecule has 2 saturated heterocycles. The highest BCUT2D eigenvalue weighted by Crippen LogP contribution is 2.34. The van der Waals surface area contributed by atoms with Gasteiger partial charge >= 0.3 is 12.5 Å². The topological polar surface area (TPSA) is 59.4 Å². The Morgan fingerprint density at radius 1 is 1.31 bits per heavy atom. The van der Waals surface area contributed by atoms with Crippen LogP contribution in [-0.2, 0) is 10.8 Å². The van der Waals surface area contributed by atoms with Gasteiger partial charge in [0.15, 0.2) is 0 Å². The van der Waals surface area contributed by atoms with E-state index in [1.165, 1.54) is 0 Å². The number of morpholine rings is 1. The molecular weight excluding hydrogens is 399 g/mol. The van der Waals surface area contributed by atoms with Gasteiger partial charge in [-0.2, -0.15) is 8.78 Å². The third-order valence-electron chi connectivity index (χ3n) is 5.66. The Bertz CT molecular complexity index is 920. The highest BCUT2D eigenvalue weighted by atomic mass is 19.3. The lowest BCUT2D eigenvalue weighted by atomic mass is 9.90. The van der Waals surface area contributed by atoms with Crippen LogP contribution in [0.2, 0.25) is 0 Å². The number of ether oxygens (including phenoxy) is 1. The summed E-state index contributed by atoms with van der Waals surface area (Å²) in [7, 11) is 1.98. The van der Waals surface area contributed by atoms with E-state index < -0.39 is 29.8 Å². The molecule has 0 aromatic carbocycles. The normalized spacial score (nSPS) is 25.6. The van der Waals surface area contributed by atoms with E-state index in [9.17, 15) is 26.7 Å². The minimum absolute atomic E-state index is 0.0709. The number of likely N-dealkylation sites (N-methyl/N-ethyl adjacent to an activating group) is 1. The Morgan fingerprint density at radius 3 is 2.59 bits per heavy atom. The molecule has 0 aliphatic carbocycles. The van der Waals surface area contributed by atoms with E-state index in [0.717, 1.165) is 6.07 Å². The molecule has 29 heavy (non-hydrogen) atoms. The van der Waals surface area contributed by atoms with Crippen molar-refractivity contribution in [3.63, 3.8) is 0 Å². The minimum atomic E-state index is -4.59. The van der Waals surface area contributed by atoms with Gasteiger partial charge in [-0.1, -0.05) is 0 Å². The number of halogens is 5. The molecule has 11 heteroatoms. The molecule has 3 atom stereocenters. The van der Waals surface area contributed by atoms with Crippen LogP contribution in [0.25, 0.3) is 11.0 Å². The van der Waals surface area contributed by atoms with Crippen molar-refractivity contribution in [2.75, 3.05) is 20.3 Å². The number of hydrogen-bond acceptors (Lipinski definition) is 4. The summed E-state index contributed by atoms with van der Waals surface area (Å²) >= 11 is 0. The molecule has 2 fully saturated rings. The molecule has 0 saturated carbocycles. The number of carbonyl (C=O) groups excluding carboxylic acids is 1. The number of amides is 1. The lowest BCUT2D eigenvalue weighted by molar-refractivity contribution is -0.187.